The Kier molecular flexibility index (Phi) is 4.23. The topological polar surface area (TPSA) is 28.2 Å². The van der Waals surface area contributed by atoms with Crippen LogP contribution in [0.1, 0.15) is 32.8 Å². The molecule has 0 bridgehead atoms. The van der Waals surface area contributed by atoms with Crippen molar-refractivity contribution in [3.05, 3.63) is 24.0 Å². The first-order valence-electron chi connectivity index (χ1n) is 6.95. The molecule has 1 aromatic rings. The van der Waals surface area contributed by atoms with Crippen LogP contribution in [-0.2, 0) is 6.54 Å². The quantitative estimate of drug-likeness (QED) is 0.837. The van der Waals surface area contributed by atoms with Crippen molar-refractivity contribution >= 4 is 5.69 Å². The van der Waals surface area contributed by atoms with Gasteiger partial charge in [0.1, 0.15) is 0 Å². The molecular weight excluding hydrogens is 222 g/mol. The summed E-state index contributed by atoms with van der Waals surface area (Å²) in [6.07, 6.45) is 5.26. The van der Waals surface area contributed by atoms with Gasteiger partial charge < -0.3 is 10.2 Å². The molecular formula is C15H25N3. The van der Waals surface area contributed by atoms with Gasteiger partial charge >= 0.3 is 0 Å². The zero-order valence-corrected chi connectivity index (χ0v) is 12.0. The zero-order valence-electron chi connectivity index (χ0n) is 12.0. The fraction of sp³-hybridized carbons (Fsp3) is 0.667. The monoisotopic (exact) mass is 247 g/mol. The number of nitrogens with zero attached hydrogens (tertiary/aromatic N) is 2. The van der Waals surface area contributed by atoms with Gasteiger partial charge in [0.15, 0.2) is 0 Å². The molecule has 100 valence electrons. The normalized spacial score (nSPS) is 22.3. The van der Waals surface area contributed by atoms with Gasteiger partial charge in [0.2, 0.25) is 0 Å². The summed E-state index contributed by atoms with van der Waals surface area (Å²) in [5.74, 6) is 1.79. The zero-order chi connectivity index (χ0) is 13.1. The van der Waals surface area contributed by atoms with Gasteiger partial charge in [-0.05, 0) is 24.3 Å². The fourth-order valence-electron chi connectivity index (χ4n) is 2.35. The standard InChI is InChI=1S/C15H25N3/c1-11(2)17-9-14-8-16-6-5-15(14)18(4)10-13-7-12(13)3/h5-6,8,11-13,17H,7,9-10H2,1-4H3. The van der Waals surface area contributed by atoms with Gasteiger partial charge in [-0.15, -0.1) is 0 Å². The molecule has 3 nitrogen and oxygen atoms in total. The van der Waals surface area contributed by atoms with Crippen LogP contribution >= 0.6 is 0 Å². The lowest BCUT2D eigenvalue weighted by Crippen LogP contribution is -2.26. The van der Waals surface area contributed by atoms with Crippen LogP contribution < -0.4 is 10.2 Å². The molecule has 2 unspecified atom stereocenters. The van der Waals surface area contributed by atoms with E-state index in [1.807, 2.05) is 12.4 Å². The molecule has 18 heavy (non-hydrogen) atoms. The first-order valence-corrected chi connectivity index (χ1v) is 6.95. The molecule has 0 aliphatic heterocycles. The summed E-state index contributed by atoms with van der Waals surface area (Å²) in [5, 5.41) is 3.47. The Labute approximate surface area is 111 Å². The summed E-state index contributed by atoms with van der Waals surface area (Å²) in [7, 11) is 2.19. The van der Waals surface area contributed by atoms with E-state index in [0.29, 0.717) is 6.04 Å². The van der Waals surface area contributed by atoms with Crippen LogP contribution in [-0.4, -0.2) is 24.6 Å². The molecule has 1 heterocycles. The summed E-state index contributed by atoms with van der Waals surface area (Å²) in [4.78, 5) is 6.63. The van der Waals surface area contributed by atoms with Gasteiger partial charge in [0.05, 0.1) is 0 Å². The average Bonchev–Trinajstić information content (AvgIpc) is 3.02. The van der Waals surface area contributed by atoms with Crippen LogP contribution in [0.15, 0.2) is 18.5 Å². The predicted octanol–water partition coefficient (Wildman–Crippen LogP) is 2.67. The molecule has 2 atom stereocenters. The molecule has 0 saturated heterocycles. The maximum Gasteiger partial charge on any atom is 0.0440 e. The molecule has 1 aromatic heterocycles. The number of anilines is 1. The Balaban J connectivity index is 2.01. The third-order valence-electron chi connectivity index (χ3n) is 3.77. The second kappa shape index (κ2) is 5.70. The van der Waals surface area contributed by atoms with Crippen molar-refractivity contribution in [1.29, 1.82) is 0 Å². The Hall–Kier alpha value is -1.09. The molecule has 3 heteroatoms. The lowest BCUT2D eigenvalue weighted by atomic mass is 10.2. The van der Waals surface area contributed by atoms with Gasteiger partial charge in [0, 0.05) is 49.8 Å². The van der Waals surface area contributed by atoms with E-state index in [0.717, 1.165) is 18.4 Å². The van der Waals surface area contributed by atoms with Gasteiger partial charge in [-0.3, -0.25) is 4.98 Å². The SMILES string of the molecule is CC(C)NCc1cnccc1N(C)CC1CC1C. The third kappa shape index (κ3) is 3.45. The lowest BCUT2D eigenvalue weighted by molar-refractivity contribution is 0.586. The minimum absolute atomic E-state index is 0.506. The molecule has 0 radical (unpaired) electrons. The highest BCUT2D eigenvalue weighted by molar-refractivity contribution is 5.51. The second-order valence-electron chi connectivity index (χ2n) is 5.89. The number of hydrogen-bond donors (Lipinski definition) is 1. The Morgan fingerprint density at radius 3 is 2.83 bits per heavy atom. The summed E-state index contributed by atoms with van der Waals surface area (Å²) in [5.41, 5.74) is 2.61. The van der Waals surface area contributed by atoms with E-state index in [-0.39, 0.29) is 0 Å². The first-order chi connectivity index (χ1) is 8.58. The molecule has 1 aliphatic rings. The molecule has 0 spiro atoms. The van der Waals surface area contributed by atoms with E-state index >= 15 is 0 Å². The van der Waals surface area contributed by atoms with Crippen molar-refractivity contribution < 1.29 is 0 Å². The number of aromatic nitrogens is 1. The number of rotatable bonds is 6. The molecule has 0 aromatic carbocycles. The molecule has 1 fully saturated rings. The van der Waals surface area contributed by atoms with E-state index in [4.69, 9.17) is 0 Å². The highest BCUT2D eigenvalue weighted by atomic mass is 15.1. The summed E-state index contributed by atoms with van der Waals surface area (Å²) in [6.45, 7) is 8.74. The molecule has 1 aliphatic carbocycles. The molecule has 0 amide bonds. The van der Waals surface area contributed by atoms with Crippen LogP contribution in [0.3, 0.4) is 0 Å². The lowest BCUT2D eigenvalue weighted by Gasteiger charge is -2.23. The summed E-state index contributed by atoms with van der Waals surface area (Å²) >= 11 is 0. The Morgan fingerprint density at radius 1 is 1.50 bits per heavy atom. The van der Waals surface area contributed by atoms with Gasteiger partial charge in [-0.1, -0.05) is 20.8 Å². The minimum Gasteiger partial charge on any atom is -0.374 e. The van der Waals surface area contributed by atoms with E-state index in [1.54, 1.807) is 0 Å². The molecule has 1 N–H and O–H groups in total. The third-order valence-corrected chi connectivity index (χ3v) is 3.77. The number of nitrogens with one attached hydrogen (secondary N) is 1. The van der Waals surface area contributed by atoms with E-state index in [9.17, 15) is 0 Å². The van der Waals surface area contributed by atoms with Crippen molar-refractivity contribution in [1.82, 2.24) is 10.3 Å². The molecule has 2 rings (SSSR count). The largest absolute Gasteiger partial charge is 0.374 e. The van der Waals surface area contributed by atoms with Crippen LogP contribution in [0, 0.1) is 11.8 Å². The maximum absolute atomic E-state index is 4.25. The van der Waals surface area contributed by atoms with E-state index in [2.05, 4.69) is 49.1 Å². The average molecular weight is 247 g/mol. The first kappa shape index (κ1) is 13.3. The highest BCUT2D eigenvalue weighted by Crippen LogP contribution is 2.38. The van der Waals surface area contributed by atoms with Crippen LogP contribution in [0.4, 0.5) is 5.69 Å². The van der Waals surface area contributed by atoms with Gasteiger partial charge in [-0.2, -0.15) is 0 Å². The van der Waals surface area contributed by atoms with Gasteiger partial charge in [0.25, 0.3) is 0 Å². The van der Waals surface area contributed by atoms with Crippen molar-refractivity contribution in [3.63, 3.8) is 0 Å². The van der Waals surface area contributed by atoms with Crippen molar-refractivity contribution in [3.8, 4) is 0 Å². The number of pyridine rings is 1. The predicted molar refractivity (Wildman–Crippen MR) is 76.8 cm³/mol. The highest BCUT2D eigenvalue weighted by Gasteiger charge is 2.33. The smallest absolute Gasteiger partial charge is 0.0440 e. The van der Waals surface area contributed by atoms with Crippen LogP contribution in [0.2, 0.25) is 0 Å². The van der Waals surface area contributed by atoms with Crippen molar-refractivity contribution in [2.75, 3.05) is 18.5 Å². The van der Waals surface area contributed by atoms with Crippen molar-refractivity contribution in [2.24, 2.45) is 11.8 Å². The Bertz CT molecular complexity index is 389. The minimum atomic E-state index is 0.506. The van der Waals surface area contributed by atoms with Gasteiger partial charge in [-0.25, -0.2) is 0 Å². The maximum atomic E-state index is 4.25. The van der Waals surface area contributed by atoms with Crippen LogP contribution in [0.25, 0.3) is 0 Å². The van der Waals surface area contributed by atoms with E-state index < -0.39 is 0 Å². The Morgan fingerprint density at radius 2 is 2.22 bits per heavy atom. The fourth-order valence-corrected chi connectivity index (χ4v) is 2.35. The van der Waals surface area contributed by atoms with Crippen molar-refractivity contribution in [2.45, 2.75) is 39.8 Å². The van der Waals surface area contributed by atoms with Crippen LogP contribution in [0.5, 0.6) is 0 Å². The second-order valence-corrected chi connectivity index (χ2v) is 5.89. The summed E-state index contributed by atoms with van der Waals surface area (Å²) < 4.78 is 0. The molecule has 1 saturated carbocycles. The number of hydrogen-bond acceptors (Lipinski definition) is 3. The van der Waals surface area contributed by atoms with E-state index in [1.165, 1.54) is 24.2 Å². The summed E-state index contributed by atoms with van der Waals surface area (Å²) in [6, 6.07) is 2.64.